The number of fused-ring (bicyclic) bond motifs is 5. The molecule has 2 amide bonds. The van der Waals surface area contributed by atoms with Crippen LogP contribution in [-0.4, -0.2) is 119 Å². The number of hydrogen-bond donors (Lipinski definition) is 2. The summed E-state index contributed by atoms with van der Waals surface area (Å²) in [6.45, 7) is 11.9. The Hall–Kier alpha value is -4.05. The molecule has 14 nitrogen and oxygen atoms in total. The fourth-order valence-electron chi connectivity index (χ4n) is 6.32. The van der Waals surface area contributed by atoms with E-state index in [9.17, 15) is 14.4 Å². The van der Waals surface area contributed by atoms with Crippen LogP contribution in [0.15, 0.2) is 48.5 Å². The van der Waals surface area contributed by atoms with Gasteiger partial charge in [0.15, 0.2) is 0 Å². The van der Waals surface area contributed by atoms with Crippen LogP contribution >= 0.6 is 0 Å². The van der Waals surface area contributed by atoms with Gasteiger partial charge in [-0.25, -0.2) is 4.68 Å². The Morgan fingerprint density at radius 2 is 1.32 bits per heavy atom. The zero-order valence-corrected chi connectivity index (χ0v) is 34.3. The van der Waals surface area contributed by atoms with Gasteiger partial charge in [-0.3, -0.25) is 14.4 Å². The van der Waals surface area contributed by atoms with Gasteiger partial charge in [0.05, 0.1) is 64.2 Å². The molecule has 0 fully saturated rings. The van der Waals surface area contributed by atoms with Crippen LogP contribution in [0.3, 0.4) is 0 Å². The minimum Gasteiger partial charge on any atom is -0.379 e. The Labute approximate surface area is 338 Å². The monoisotopic (exact) mass is 792 g/mol. The van der Waals surface area contributed by atoms with E-state index in [4.69, 9.17) is 23.7 Å². The normalized spacial score (nSPS) is 12.2. The highest BCUT2D eigenvalue weighted by molar-refractivity contribution is 6.01. The quantitative estimate of drug-likeness (QED) is 0.0854. The summed E-state index contributed by atoms with van der Waals surface area (Å²) < 4.78 is 29.6. The molecule has 1 aliphatic rings. The van der Waals surface area contributed by atoms with Crippen molar-refractivity contribution >= 4 is 23.3 Å². The van der Waals surface area contributed by atoms with E-state index in [0.29, 0.717) is 91.3 Å². The summed E-state index contributed by atoms with van der Waals surface area (Å²) >= 11 is 0. The highest BCUT2D eigenvalue weighted by Gasteiger charge is 2.29. The fourth-order valence-corrected chi connectivity index (χ4v) is 6.32. The van der Waals surface area contributed by atoms with Crippen LogP contribution in [0.5, 0.6) is 0 Å². The van der Waals surface area contributed by atoms with Gasteiger partial charge in [-0.05, 0) is 56.8 Å². The molecule has 57 heavy (non-hydrogen) atoms. The predicted octanol–water partition coefficient (Wildman–Crippen LogP) is 5.22. The zero-order chi connectivity index (χ0) is 40.5. The molecule has 2 aromatic carbocycles. The second-order valence-electron chi connectivity index (χ2n) is 14.5. The Bertz CT molecular complexity index is 1630. The van der Waals surface area contributed by atoms with E-state index in [1.54, 1.807) is 4.90 Å². The third-order valence-electron chi connectivity index (χ3n) is 9.46. The number of anilines is 1. The number of carbonyl (C=O) groups excluding carboxylic acids is 3. The van der Waals surface area contributed by atoms with Crippen molar-refractivity contribution < 1.29 is 38.1 Å². The van der Waals surface area contributed by atoms with Gasteiger partial charge in [0, 0.05) is 69.7 Å². The van der Waals surface area contributed by atoms with E-state index < -0.39 is 0 Å². The Kier molecular flexibility index (Phi) is 21.5. The number of rotatable bonds is 30. The molecule has 2 heterocycles. The van der Waals surface area contributed by atoms with Gasteiger partial charge < -0.3 is 39.2 Å². The van der Waals surface area contributed by atoms with Gasteiger partial charge >= 0.3 is 0 Å². The molecule has 1 aliphatic heterocycles. The third kappa shape index (κ3) is 16.4. The number of Topliss-reactive ketones (excluding diaryl/α,β-unsaturated/α-hetero) is 1. The van der Waals surface area contributed by atoms with Crippen LogP contribution in [-0.2, 0) is 51.2 Å². The number of carbonyl (C=O) groups is 3. The average Bonchev–Trinajstić information content (AvgIpc) is 3.63. The molecule has 3 aromatic rings. The van der Waals surface area contributed by atoms with Crippen LogP contribution in [0.25, 0.3) is 22.5 Å². The first-order chi connectivity index (χ1) is 27.9. The number of ketones is 1. The van der Waals surface area contributed by atoms with Crippen molar-refractivity contribution in [2.75, 3.05) is 91.1 Å². The largest absolute Gasteiger partial charge is 0.379 e. The predicted molar refractivity (Wildman–Crippen MR) is 220 cm³/mol. The average molecular weight is 793 g/mol. The Morgan fingerprint density at radius 1 is 0.702 bits per heavy atom. The molecule has 0 atom stereocenters. The molecule has 0 saturated carbocycles. The van der Waals surface area contributed by atoms with Crippen LogP contribution < -0.4 is 15.5 Å². The number of aryl methyl sites for hydroxylation is 1. The lowest BCUT2D eigenvalue weighted by Crippen LogP contribution is -2.32. The lowest BCUT2D eigenvalue weighted by molar-refractivity contribution is -0.124. The molecule has 0 spiro atoms. The lowest BCUT2D eigenvalue weighted by Gasteiger charge is -2.29. The maximum absolute atomic E-state index is 13.9. The number of aromatic nitrogens is 3. The maximum Gasteiger partial charge on any atom is 0.227 e. The van der Waals surface area contributed by atoms with E-state index in [0.717, 1.165) is 72.7 Å². The van der Waals surface area contributed by atoms with Gasteiger partial charge in [-0.2, -0.15) is 0 Å². The molecular formula is C43H64N6O8. The summed E-state index contributed by atoms with van der Waals surface area (Å²) in [4.78, 5) is 40.5. The molecule has 314 valence electrons. The highest BCUT2D eigenvalue weighted by Crippen LogP contribution is 2.41. The minimum atomic E-state index is -0.100. The van der Waals surface area contributed by atoms with Crippen molar-refractivity contribution in [3.63, 3.8) is 0 Å². The molecule has 0 radical (unpaired) electrons. The van der Waals surface area contributed by atoms with Gasteiger partial charge in [-0.1, -0.05) is 61.5 Å². The van der Waals surface area contributed by atoms with Crippen molar-refractivity contribution in [3.05, 3.63) is 54.1 Å². The first kappa shape index (κ1) is 45.6. The molecular weight excluding hydrogens is 729 g/mol. The second kappa shape index (κ2) is 26.8. The molecule has 1 aromatic heterocycles. The summed E-state index contributed by atoms with van der Waals surface area (Å²) in [5, 5.41) is 15.1. The van der Waals surface area contributed by atoms with E-state index in [2.05, 4.69) is 34.8 Å². The molecule has 0 bridgehead atoms. The second-order valence-corrected chi connectivity index (χ2v) is 14.5. The first-order valence-electron chi connectivity index (χ1n) is 20.6. The highest BCUT2D eigenvalue weighted by atomic mass is 16.5. The van der Waals surface area contributed by atoms with Crippen LogP contribution in [0.4, 0.5) is 5.69 Å². The first-order valence-corrected chi connectivity index (χ1v) is 20.6. The van der Waals surface area contributed by atoms with Crippen molar-refractivity contribution in [3.8, 4) is 22.5 Å². The van der Waals surface area contributed by atoms with Crippen LogP contribution in [0.2, 0.25) is 0 Å². The molecule has 14 heteroatoms. The number of benzene rings is 2. The summed E-state index contributed by atoms with van der Waals surface area (Å²) in [6, 6.07) is 15.9. The smallest absolute Gasteiger partial charge is 0.227 e. The van der Waals surface area contributed by atoms with Gasteiger partial charge in [0.1, 0.15) is 11.5 Å². The maximum atomic E-state index is 13.9. The number of nitrogens with zero attached hydrogens (tertiary/aromatic N) is 4. The van der Waals surface area contributed by atoms with Gasteiger partial charge in [-0.15, -0.1) is 5.10 Å². The molecule has 0 aliphatic carbocycles. The van der Waals surface area contributed by atoms with E-state index in [-0.39, 0.29) is 36.9 Å². The fraction of sp³-hybridized carbons (Fsp3) is 0.605. The molecule has 4 rings (SSSR count). The molecule has 0 unspecified atom stereocenters. The molecule has 0 saturated heterocycles. The van der Waals surface area contributed by atoms with Crippen molar-refractivity contribution in [1.29, 1.82) is 0 Å². The number of hydrogen-bond acceptors (Lipinski definition) is 11. The van der Waals surface area contributed by atoms with E-state index >= 15 is 0 Å². The SMILES string of the molecule is CNCCCOCCOCCOCCCNC(=O)CCOCCOCCCC(=O)CCC(=O)N1Cc2ccccc2-c2nnn(CCC(C)C)c2-c2ccccc21. The Morgan fingerprint density at radius 3 is 2.02 bits per heavy atom. The third-order valence-corrected chi connectivity index (χ3v) is 9.46. The lowest BCUT2D eigenvalue weighted by atomic mass is 9.95. The standard InChI is InChI=1S/C43H64N6O8/c1-34(2)18-22-49-43-38-14-6-7-15-39(38)48(33-35-11-4-5-13-37(35)42(43)46-47-49)41(52)17-16-36(50)12-8-23-53-27-30-56-26-19-40(51)45-21-10-25-55-29-32-57-31-28-54-24-9-20-44-3/h4-7,11,13-15,34,44H,8-10,12,16-33H2,1-3H3,(H,45,51). The van der Waals surface area contributed by atoms with E-state index in [1.807, 2.05) is 60.3 Å². The van der Waals surface area contributed by atoms with Gasteiger partial charge in [0.25, 0.3) is 0 Å². The van der Waals surface area contributed by atoms with Crippen molar-refractivity contribution in [1.82, 2.24) is 25.6 Å². The van der Waals surface area contributed by atoms with Crippen molar-refractivity contribution in [2.45, 2.75) is 78.3 Å². The summed E-state index contributed by atoms with van der Waals surface area (Å²) in [5.41, 5.74) is 5.37. The number of ether oxygens (including phenoxy) is 5. The number of amides is 2. The summed E-state index contributed by atoms with van der Waals surface area (Å²) in [5.74, 6) is 0.365. The summed E-state index contributed by atoms with van der Waals surface area (Å²) in [7, 11) is 1.92. The van der Waals surface area contributed by atoms with Gasteiger partial charge in [0.2, 0.25) is 11.8 Å². The summed E-state index contributed by atoms with van der Waals surface area (Å²) in [6.07, 6.45) is 4.12. The topological polar surface area (TPSA) is 155 Å². The zero-order valence-electron chi connectivity index (χ0n) is 34.3. The number of para-hydroxylation sites is 1. The molecule has 2 N–H and O–H groups in total. The van der Waals surface area contributed by atoms with E-state index in [1.165, 1.54) is 0 Å². The Balaban J connectivity index is 1.05. The van der Waals surface area contributed by atoms with Crippen molar-refractivity contribution in [2.24, 2.45) is 5.92 Å². The minimum absolute atomic E-state index is 0.0292. The van der Waals surface area contributed by atoms with Crippen LogP contribution in [0.1, 0.15) is 70.8 Å². The number of nitrogens with one attached hydrogen (secondary N) is 2. The van der Waals surface area contributed by atoms with Crippen LogP contribution in [0, 0.1) is 5.92 Å².